The molecule has 1 unspecified atom stereocenters. The van der Waals surface area contributed by atoms with Crippen molar-refractivity contribution in [3.63, 3.8) is 0 Å². The Hall–Kier alpha value is -0.340. The standard InChI is InChI=1S/C11H20N2/c12-10-6-8-13(9-7-10)11-4-2-1-3-5-11/h2,4,10-11H,1,3,5-9,12H2. The van der Waals surface area contributed by atoms with Crippen LogP contribution in [0.3, 0.4) is 0 Å². The summed E-state index contributed by atoms with van der Waals surface area (Å²) < 4.78 is 0. The normalized spacial score (nSPS) is 32.2. The van der Waals surface area contributed by atoms with Crippen molar-refractivity contribution < 1.29 is 0 Å². The third-order valence-electron chi connectivity index (χ3n) is 3.27. The summed E-state index contributed by atoms with van der Waals surface area (Å²) >= 11 is 0. The Morgan fingerprint density at radius 3 is 2.54 bits per heavy atom. The van der Waals surface area contributed by atoms with Crippen molar-refractivity contribution in [3.05, 3.63) is 12.2 Å². The zero-order valence-corrected chi connectivity index (χ0v) is 8.28. The molecule has 74 valence electrons. The minimum Gasteiger partial charge on any atom is -0.328 e. The molecule has 0 amide bonds. The number of nitrogens with zero attached hydrogens (tertiary/aromatic N) is 1. The van der Waals surface area contributed by atoms with Gasteiger partial charge in [-0.05, 0) is 32.1 Å². The van der Waals surface area contributed by atoms with Gasteiger partial charge in [0, 0.05) is 25.2 Å². The Morgan fingerprint density at radius 2 is 1.92 bits per heavy atom. The van der Waals surface area contributed by atoms with Gasteiger partial charge in [-0.3, -0.25) is 4.90 Å². The lowest BCUT2D eigenvalue weighted by atomic mass is 9.97. The summed E-state index contributed by atoms with van der Waals surface area (Å²) in [4.78, 5) is 2.60. The van der Waals surface area contributed by atoms with Gasteiger partial charge < -0.3 is 5.73 Å². The molecular formula is C11H20N2. The molecule has 2 rings (SSSR count). The van der Waals surface area contributed by atoms with E-state index in [4.69, 9.17) is 5.73 Å². The molecule has 1 atom stereocenters. The van der Waals surface area contributed by atoms with Crippen molar-refractivity contribution in [1.82, 2.24) is 4.90 Å². The Morgan fingerprint density at radius 1 is 1.15 bits per heavy atom. The monoisotopic (exact) mass is 180 g/mol. The summed E-state index contributed by atoms with van der Waals surface area (Å²) in [6, 6.07) is 1.19. The van der Waals surface area contributed by atoms with Crippen LogP contribution in [0.25, 0.3) is 0 Å². The van der Waals surface area contributed by atoms with Crippen LogP contribution < -0.4 is 5.73 Å². The van der Waals surface area contributed by atoms with Crippen molar-refractivity contribution in [2.24, 2.45) is 5.73 Å². The topological polar surface area (TPSA) is 29.3 Å². The minimum atomic E-state index is 0.462. The third-order valence-corrected chi connectivity index (χ3v) is 3.27. The summed E-state index contributed by atoms with van der Waals surface area (Å²) in [7, 11) is 0. The smallest absolute Gasteiger partial charge is 0.0278 e. The van der Waals surface area contributed by atoms with Crippen LogP contribution in [0.1, 0.15) is 32.1 Å². The first-order chi connectivity index (χ1) is 6.36. The molecule has 2 nitrogen and oxygen atoms in total. The third kappa shape index (κ3) is 2.32. The number of rotatable bonds is 1. The molecule has 1 aliphatic carbocycles. The van der Waals surface area contributed by atoms with E-state index in [-0.39, 0.29) is 0 Å². The van der Waals surface area contributed by atoms with Crippen molar-refractivity contribution >= 4 is 0 Å². The van der Waals surface area contributed by atoms with Crippen LogP contribution in [0.5, 0.6) is 0 Å². The van der Waals surface area contributed by atoms with Crippen molar-refractivity contribution in [2.75, 3.05) is 13.1 Å². The van der Waals surface area contributed by atoms with Crippen LogP contribution >= 0.6 is 0 Å². The zero-order valence-electron chi connectivity index (χ0n) is 8.28. The van der Waals surface area contributed by atoms with Gasteiger partial charge in [0.1, 0.15) is 0 Å². The number of nitrogens with two attached hydrogens (primary N) is 1. The second-order valence-electron chi connectivity index (χ2n) is 4.30. The summed E-state index contributed by atoms with van der Waals surface area (Å²) in [5.74, 6) is 0. The zero-order chi connectivity index (χ0) is 9.10. The predicted molar refractivity (Wildman–Crippen MR) is 55.6 cm³/mol. The van der Waals surface area contributed by atoms with Crippen molar-refractivity contribution in [2.45, 2.75) is 44.2 Å². The van der Waals surface area contributed by atoms with E-state index in [9.17, 15) is 0 Å². The number of allylic oxidation sites excluding steroid dienone is 1. The molecular weight excluding hydrogens is 160 g/mol. The van der Waals surface area contributed by atoms with E-state index in [0.717, 1.165) is 6.04 Å². The maximum Gasteiger partial charge on any atom is 0.0278 e. The Labute approximate surface area is 80.8 Å². The van der Waals surface area contributed by atoms with E-state index in [0.29, 0.717) is 6.04 Å². The SMILES string of the molecule is NC1CCN(C2C=CCCC2)CC1. The molecule has 0 spiro atoms. The number of hydrogen-bond donors (Lipinski definition) is 1. The Kier molecular flexibility index (Phi) is 3.01. The van der Waals surface area contributed by atoms with Crippen molar-refractivity contribution in [1.29, 1.82) is 0 Å². The van der Waals surface area contributed by atoms with Crippen LogP contribution in [0.2, 0.25) is 0 Å². The van der Waals surface area contributed by atoms with E-state index >= 15 is 0 Å². The first-order valence-electron chi connectivity index (χ1n) is 5.52. The van der Waals surface area contributed by atoms with Crippen LogP contribution in [0, 0.1) is 0 Å². The van der Waals surface area contributed by atoms with Crippen LogP contribution in [-0.4, -0.2) is 30.1 Å². The van der Waals surface area contributed by atoms with Gasteiger partial charge >= 0.3 is 0 Å². The molecule has 2 heteroatoms. The van der Waals surface area contributed by atoms with Crippen LogP contribution in [0.15, 0.2) is 12.2 Å². The lowest BCUT2D eigenvalue weighted by Crippen LogP contribution is -2.44. The highest BCUT2D eigenvalue weighted by atomic mass is 15.2. The van der Waals surface area contributed by atoms with Gasteiger partial charge in [-0.2, -0.15) is 0 Å². The lowest BCUT2D eigenvalue weighted by Gasteiger charge is -2.36. The number of piperidine rings is 1. The first-order valence-corrected chi connectivity index (χ1v) is 5.52. The molecule has 0 aromatic rings. The summed E-state index contributed by atoms with van der Waals surface area (Å²) in [6.07, 6.45) is 11.1. The number of hydrogen-bond acceptors (Lipinski definition) is 2. The van der Waals surface area contributed by atoms with E-state index in [1.165, 1.54) is 45.2 Å². The maximum atomic E-state index is 5.88. The lowest BCUT2D eigenvalue weighted by molar-refractivity contribution is 0.168. The quantitative estimate of drug-likeness (QED) is 0.620. The second kappa shape index (κ2) is 4.25. The van der Waals surface area contributed by atoms with Gasteiger partial charge in [0.2, 0.25) is 0 Å². The molecule has 2 aliphatic rings. The first kappa shape index (κ1) is 9.22. The molecule has 1 heterocycles. The molecule has 0 aromatic carbocycles. The highest BCUT2D eigenvalue weighted by Crippen LogP contribution is 2.20. The van der Waals surface area contributed by atoms with Crippen LogP contribution in [-0.2, 0) is 0 Å². The molecule has 1 saturated heterocycles. The largest absolute Gasteiger partial charge is 0.328 e. The maximum absolute atomic E-state index is 5.88. The van der Waals surface area contributed by atoms with E-state index < -0.39 is 0 Å². The van der Waals surface area contributed by atoms with Crippen molar-refractivity contribution in [3.8, 4) is 0 Å². The molecule has 1 aliphatic heterocycles. The average molecular weight is 180 g/mol. The second-order valence-corrected chi connectivity index (χ2v) is 4.30. The van der Waals surface area contributed by atoms with E-state index in [2.05, 4.69) is 17.1 Å². The molecule has 0 radical (unpaired) electrons. The van der Waals surface area contributed by atoms with Gasteiger partial charge in [0.15, 0.2) is 0 Å². The predicted octanol–water partition coefficient (Wildman–Crippen LogP) is 1.52. The molecule has 0 aromatic heterocycles. The summed E-state index contributed by atoms with van der Waals surface area (Å²) in [5, 5.41) is 0. The van der Waals surface area contributed by atoms with Gasteiger partial charge in [-0.25, -0.2) is 0 Å². The highest BCUT2D eigenvalue weighted by Gasteiger charge is 2.22. The Balaban J connectivity index is 1.86. The van der Waals surface area contributed by atoms with Gasteiger partial charge in [0.05, 0.1) is 0 Å². The fourth-order valence-corrected chi connectivity index (χ4v) is 2.35. The highest BCUT2D eigenvalue weighted by molar-refractivity contribution is 4.99. The minimum absolute atomic E-state index is 0.462. The molecule has 0 saturated carbocycles. The van der Waals surface area contributed by atoms with Gasteiger partial charge in [-0.15, -0.1) is 0 Å². The molecule has 1 fully saturated rings. The molecule has 2 N–H and O–H groups in total. The molecule has 0 bridgehead atoms. The molecule has 13 heavy (non-hydrogen) atoms. The fraction of sp³-hybridized carbons (Fsp3) is 0.818. The average Bonchev–Trinajstić information content (AvgIpc) is 2.20. The summed E-state index contributed by atoms with van der Waals surface area (Å²) in [6.45, 7) is 2.41. The summed E-state index contributed by atoms with van der Waals surface area (Å²) in [5.41, 5.74) is 5.88. The van der Waals surface area contributed by atoms with Gasteiger partial charge in [0.25, 0.3) is 0 Å². The van der Waals surface area contributed by atoms with E-state index in [1.54, 1.807) is 0 Å². The van der Waals surface area contributed by atoms with E-state index in [1.807, 2.05) is 0 Å². The number of likely N-dealkylation sites (tertiary alicyclic amines) is 1. The Bertz CT molecular complexity index is 181. The fourth-order valence-electron chi connectivity index (χ4n) is 2.35. The van der Waals surface area contributed by atoms with Crippen LogP contribution in [0.4, 0.5) is 0 Å². The van der Waals surface area contributed by atoms with Gasteiger partial charge in [-0.1, -0.05) is 12.2 Å².